The summed E-state index contributed by atoms with van der Waals surface area (Å²) < 4.78 is 1.06. The van der Waals surface area contributed by atoms with Gasteiger partial charge < -0.3 is 10.6 Å². The van der Waals surface area contributed by atoms with Gasteiger partial charge >= 0.3 is 0 Å². The van der Waals surface area contributed by atoms with Crippen LogP contribution in [0.4, 0.5) is 0 Å². The van der Waals surface area contributed by atoms with E-state index in [2.05, 4.69) is 54.3 Å². The maximum Gasteiger partial charge on any atom is 0.230 e. The second kappa shape index (κ2) is 6.93. The minimum Gasteiger partial charge on any atom is -0.352 e. The number of piperidine rings is 1. The lowest BCUT2D eigenvalue weighted by molar-refractivity contribution is -0.787. The first-order valence-electron chi connectivity index (χ1n) is 7.70. The van der Waals surface area contributed by atoms with Crippen LogP contribution in [0.15, 0.2) is 33.6 Å². The summed E-state index contributed by atoms with van der Waals surface area (Å²) in [6, 6.07) is 8.34. The maximum absolute atomic E-state index is 12.2. The van der Waals surface area contributed by atoms with E-state index in [9.17, 15) is 4.79 Å². The number of halogens is 1. The summed E-state index contributed by atoms with van der Waals surface area (Å²) in [7, 11) is 0. The number of benzene rings is 1. The number of carbonyl (C=O) groups excluding carboxylic acids is 1. The normalized spacial score (nSPS) is 20.6. The molecule has 5 heteroatoms. The van der Waals surface area contributed by atoms with Crippen LogP contribution in [0.5, 0.6) is 0 Å². The van der Waals surface area contributed by atoms with Crippen molar-refractivity contribution in [2.24, 2.45) is 0 Å². The van der Waals surface area contributed by atoms with Crippen molar-refractivity contribution >= 4 is 33.6 Å². The topological polar surface area (TPSA) is 45.7 Å². The smallest absolute Gasteiger partial charge is 0.230 e. The molecule has 1 fully saturated rings. The van der Waals surface area contributed by atoms with E-state index < -0.39 is 0 Å². The molecule has 1 aromatic rings. The van der Waals surface area contributed by atoms with Gasteiger partial charge in [0.05, 0.1) is 16.8 Å². The summed E-state index contributed by atoms with van der Waals surface area (Å²) in [5.41, 5.74) is 0.358. The Kier molecular flexibility index (Phi) is 5.62. The maximum atomic E-state index is 12.2. The molecule has 0 aliphatic carbocycles. The Morgan fingerprint density at radius 3 is 2.32 bits per heavy atom. The van der Waals surface area contributed by atoms with E-state index in [1.165, 1.54) is 0 Å². The van der Waals surface area contributed by atoms with Crippen LogP contribution < -0.4 is 10.6 Å². The molecule has 1 aromatic carbocycles. The van der Waals surface area contributed by atoms with Gasteiger partial charge in [-0.15, -0.1) is 11.8 Å². The van der Waals surface area contributed by atoms with Crippen molar-refractivity contribution in [3.8, 4) is 0 Å². The fourth-order valence-electron chi connectivity index (χ4n) is 3.57. The number of hydrogen-bond acceptors (Lipinski definition) is 2. The summed E-state index contributed by atoms with van der Waals surface area (Å²) in [5.74, 6) is 0.606. The van der Waals surface area contributed by atoms with Gasteiger partial charge in [-0.1, -0.05) is 15.9 Å². The summed E-state index contributed by atoms with van der Waals surface area (Å²) in [5, 5.41) is 5.65. The molecule has 0 bridgehead atoms. The molecule has 0 unspecified atom stereocenters. The molecule has 1 saturated heterocycles. The Morgan fingerprint density at radius 1 is 1.23 bits per heavy atom. The second-order valence-electron chi connectivity index (χ2n) is 7.54. The third-order valence-corrected chi connectivity index (χ3v) is 5.42. The molecule has 2 rings (SSSR count). The Hall–Kier alpha value is -0.520. The minimum absolute atomic E-state index is 0.131. The lowest BCUT2D eigenvalue weighted by Crippen LogP contribution is -3.06. The van der Waals surface area contributed by atoms with E-state index in [0.717, 1.165) is 22.2 Å². The van der Waals surface area contributed by atoms with Crippen molar-refractivity contribution in [3.05, 3.63) is 28.7 Å². The van der Waals surface area contributed by atoms with Crippen molar-refractivity contribution in [2.45, 2.75) is 62.6 Å². The predicted molar refractivity (Wildman–Crippen MR) is 96.1 cm³/mol. The van der Waals surface area contributed by atoms with Gasteiger partial charge in [0.2, 0.25) is 5.91 Å². The Bertz CT molecular complexity index is 512. The molecule has 0 radical (unpaired) electrons. The number of thioether (sulfide) groups is 1. The van der Waals surface area contributed by atoms with Crippen LogP contribution in [0.2, 0.25) is 0 Å². The first kappa shape index (κ1) is 17.8. The van der Waals surface area contributed by atoms with E-state index in [1.54, 1.807) is 11.8 Å². The quantitative estimate of drug-likeness (QED) is 0.782. The standard InChI is InChI=1S/C17H25BrN2OS/c1-16(2)9-13(10-17(3,4)20-16)19-15(21)11-22-14-7-5-12(18)6-8-14/h5-8,13,20H,9-11H2,1-4H3,(H,19,21)/p+1. The highest BCUT2D eigenvalue weighted by Gasteiger charge is 2.41. The highest BCUT2D eigenvalue weighted by Crippen LogP contribution is 2.23. The van der Waals surface area contributed by atoms with Crippen molar-refractivity contribution in [3.63, 3.8) is 0 Å². The zero-order valence-electron chi connectivity index (χ0n) is 13.8. The molecule has 1 aliphatic rings. The van der Waals surface area contributed by atoms with E-state index >= 15 is 0 Å². The molecule has 1 aliphatic heterocycles. The molecule has 1 amide bonds. The molecule has 0 spiro atoms. The van der Waals surface area contributed by atoms with E-state index in [4.69, 9.17) is 0 Å². The van der Waals surface area contributed by atoms with Crippen molar-refractivity contribution in [1.29, 1.82) is 0 Å². The molecular weight excluding hydrogens is 360 g/mol. The summed E-state index contributed by atoms with van der Waals surface area (Å²) in [6.07, 6.45) is 2.04. The molecular formula is C17H26BrN2OS+. The van der Waals surface area contributed by atoms with E-state index in [-0.39, 0.29) is 23.0 Å². The van der Waals surface area contributed by atoms with Crippen molar-refractivity contribution in [1.82, 2.24) is 5.32 Å². The Labute approximate surface area is 146 Å². The van der Waals surface area contributed by atoms with Gasteiger partial charge in [-0.05, 0) is 52.0 Å². The summed E-state index contributed by atoms with van der Waals surface area (Å²) >= 11 is 5.01. The van der Waals surface area contributed by atoms with Gasteiger partial charge in [0.15, 0.2) is 0 Å². The number of nitrogens with one attached hydrogen (secondary N) is 1. The predicted octanol–water partition coefficient (Wildman–Crippen LogP) is 2.94. The molecule has 122 valence electrons. The Balaban J connectivity index is 1.85. The molecule has 1 heterocycles. The van der Waals surface area contributed by atoms with Crippen LogP contribution in [-0.4, -0.2) is 28.8 Å². The Morgan fingerprint density at radius 2 is 1.77 bits per heavy atom. The van der Waals surface area contributed by atoms with Gasteiger partial charge in [0, 0.05) is 28.3 Å². The van der Waals surface area contributed by atoms with Gasteiger partial charge in [-0.2, -0.15) is 0 Å². The fraction of sp³-hybridized carbons (Fsp3) is 0.588. The zero-order chi connectivity index (χ0) is 16.4. The molecule has 0 aromatic heterocycles. The SMILES string of the molecule is CC1(C)CC(NC(=O)CSc2ccc(Br)cc2)CC(C)(C)[NH2+]1. The zero-order valence-corrected chi connectivity index (χ0v) is 16.2. The van der Waals surface area contributed by atoms with E-state index in [0.29, 0.717) is 5.75 Å². The number of nitrogens with two attached hydrogens (primary N) is 1. The highest BCUT2D eigenvalue weighted by molar-refractivity contribution is 9.10. The summed E-state index contributed by atoms with van der Waals surface area (Å²) in [4.78, 5) is 13.3. The third-order valence-electron chi connectivity index (χ3n) is 3.88. The number of rotatable bonds is 4. The minimum atomic E-state index is 0.131. The van der Waals surface area contributed by atoms with Crippen LogP contribution >= 0.6 is 27.7 Å². The molecule has 0 atom stereocenters. The van der Waals surface area contributed by atoms with Crippen LogP contribution in [0.1, 0.15) is 40.5 Å². The van der Waals surface area contributed by atoms with Crippen LogP contribution in [0.3, 0.4) is 0 Å². The van der Waals surface area contributed by atoms with E-state index in [1.807, 2.05) is 24.3 Å². The van der Waals surface area contributed by atoms with Gasteiger partial charge in [-0.25, -0.2) is 0 Å². The first-order valence-corrected chi connectivity index (χ1v) is 9.48. The average molecular weight is 386 g/mol. The second-order valence-corrected chi connectivity index (χ2v) is 9.50. The fourth-order valence-corrected chi connectivity index (χ4v) is 4.54. The molecule has 22 heavy (non-hydrogen) atoms. The lowest BCUT2D eigenvalue weighted by atomic mass is 9.79. The van der Waals surface area contributed by atoms with Crippen LogP contribution in [0.25, 0.3) is 0 Å². The number of carbonyl (C=O) groups is 1. The van der Waals surface area contributed by atoms with Gasteiger partial charge in [-0.3, -0.25) is 4.79 Å². The highest BCUT2D eigenvalue weighted by atomic mass is 79.9. The monoisotopic (exact) mass is 385 g/mol. The van der Waals surface area contributed by atoms with Crippen LogP contribution in [-0.2, 0) is 4.79 Å². The van der Waals surface area contributed by atoms with Crippen molar-refractivity contribution < 1.29 is 10.1 Å². The number of quaternary nitrogens is 1. The molecule has 3 nitrogen and oxygen atoms in total. The number of hydrogen-bond donors (Lipinski definition) is 2. The number of amides is 1. The van der Waals surface area contributed by atoms with Crippen molar-refractivity contribution in [2.75, 3.05) is 5.75 Å². The lowest BCUT2D eigenvalue weighted by Gasteiger charge is -2.43. The molecule has 0 saturated carbocycles. The summed E-state index contributed by atoms with van der Waals surface area (Å²) in [6.45, 7) is 9.01. The van der Waals surface area contributed by atoms with Crippen LogP contribution in [0, 0.1) is 0 Å². The third kappa shape index (κ3) is 5.60. The van der Waals surface area contributed by atoms with Gasteiger partial charge in [0.25, 0.3) is 0 Å². The van der Waals surface area contributed by atoms with Gasteiger partial charge in [0.1, 0.15) is 0 Å². The largest absolute Gasteiger partial charge is 0.352 e. The first-order chi connectivity index (χ1) is 10.2. The average Bonchev–Trinajstić information content (AvgIpc) is 2.34. The molecule has 3 N–H and O–H groups in total.